The van der Waals surface area contributed by atoms with Crippen LogP contribution in [-0.2, 0) is 0 Å². The van der Waals surface area contributed by atoms with E-state index in [9.17, 15) is 4.79 Å². The van der Waals surface area contributed by atoms with Crippen LogP contribution in [0, 0.1) is 0 Å². The SMILES string of the molecule is C=C(N=C(N=CN)c1cccc(C(=O)O)c1)c1ccc(OCC)cc1. The summed E-state index contributed by atoms with van der Waals surface area (Å²) in [6.07, 6.45) is 1.11. The molecule has 0 radical (unpaired) electrons. The third-order valence-corrected chi connectivity index (χ3v) is 3.30. The Hall–Kier alpha value is -3.41. The van der Waals surface area contributed by atoms with E-state index in [1.807, 2.05) is 31.2 Å². The largest absolute Gasteiger partial charge is 0.494 e. The minimum atomic E-state index is -1.02. The van der Waals surface area contributed by atoms with Crippen molar-refractivity contribution in [2.75, 3.05) is 6.61 Å². The lowest BCUT2D eigenvalue weighted by molar-refractivity contribution is 0.0697. The first kappa shape index (κ1) is 17.9. The smallest absolute Gasteiger partial charge is 0.335 e. The fourth-order valence-corrected chi connectivity index (χ4v) is 2.13. The van der Waals surface area contributed by atoms with Crippen LogP contribution in [0.3, 0.4) is 0 Å². The zero-order valence-corrected chi connectivity index (χ0v) is 13.8. The topological polar surface area (TPSA) is 97.3 Å². The zero-order chi connectivity index (χ0) is 18.2. The van der Waals surface area contributed by atoms with E-state index in [1.54, 1.807) is 12.1 Å². The highest BCUT2D eigenvalue weighted by atomic mass is 16.5. The standard InChI is InChI=1S/C19H19N3O3/c1-3-25-17-9-7-14(8-10-17)13(2)22-18(21-12-20)15-5-4-6-16(11-15)19(23)24/h4-12H,2-3H2,1H3,(H,23,24)(H2,20,21,22). The Morgan fingerprint density at radius 2 is 1.88 bits per heavy atom. The molecule has 0 aliphatic rings. The monoisotopic (exact) mass is 337 g/mol. The number of nitrogens with two attached hydrogens (primary N) is 1. The van der Waals surface area contributed by atoms with Gasteiger partial charge in [-0.25, -0.2) is 14.8 Å². The number of ether oxygens (including phenoxy) is 1. The highest BCUT2D eigenvalue weighted by Gasteiger charge is 2.08. The molecule has 2 rings (SSSR count). The van der Waals surface area contributed by atoms with Gasteiger partial charge in [-0.2, -0.15) is 0 Å². The molecule has 2 aromatic rings. The molecule has 0 aliphatic carbocycles. The molecule has 128 valence electrons. The first-order valence-corrected chi connectivity index (χ1v) is 7.64. The van der Waals surface area contributed by atoms with Crippen molar-refractivity contribution >= 4 is 23.8 Å². The molecule has 0 aliphatic heterocycles. The number of aromatic carboxylic acids is 1. The van der Waals surface area contributed by atoms with Gasteiger partial charge < -0.3 is 15.6 Å². The first-order valence-electron chi connectivity index (χ1n) is 7.64. The lowest BCUT2D eigenvalue weighted by atomic mass is 10.1. The van der Waals surface area contributed by atoms with E-state index in [2.05, 4.69) is 16.6 Å². The van der Waals surface area contributed by atoms with Crippen LogP contribution in [0.1, 0.15) is 28.4 Å². The van der Waals surface area contributed by atoms with E-state index in [4.69, 9.17) is 15.6 Å². The second-order valence-electron chi connectivity index (χ2n) is 5.00. The van der Waals surface area contributed by atoms with Gasteiger partial charge >= 0.3 is 5.97 Å². The molecule has 0 spiro atoms. The molecule has 0 saturated carbocycles. The van der Waals surface area contributed by atoms with Crippen LogP contribution in [0.2, 0.25) is 0 Å². The minimum Gasteiger partial charge on any atom is -0.494 e. The van der Waals surface area contributed by atoms with Crippen molar-refractivity contribution in [3.05, 3.63) is 71.8 Å². The normalized spacial score (nSPS) is 11.5. The number of hydrogen-bond acceptors (Lipinski definition) is 3. The number of carboxylic acid groups (broad SMARTS) is 1. The number of benzene rings is 2. The Balaban J connectivity index is 2.34. The van der Waals surface area contributed by atoms with E-state index in [-0.39, 0.29) is 11.4 Å². The van der Waals surface area contributed by atoms with E-state index in [1.165, 1.54) is 12.1 Å². The van der Waals surface area contributed by atoms with Crippen LogP contribution in [0.25, 0.3) is 5.70 Å². The third kappa shape index (κ3) is 4.78. The zero-order valence-electron chi connectivity index (χ0n) is 13.8. The summed E-state index contributed by atoms with van der Waals surface area (Å²) in [6.45, 7) is 6.45. The van der Waals surface area contributed by atoms with E-state index in [0.29, 0.717) is 17.9 Å². The number of amidine groups is 1. The van der Waals surface area contributed by atoms with Gasteiger partial charge in [-0.15, -0.1) is 0 Å². The highest BCUT2D eigenvalue weighted by Crippen LogP contribution is 2.20. The van der Waals surface area contributed by atoms with E-state index < -0.39 is 5.97 Å². The van der Waals surface area contributed by atoms with Crippen molar-refractivity contribution in [1.82, 2.24) is 0 Å². The van der Waals surface area contributed by atoms with Crippen LogP contribution < -0.4 is 10.5 Å². The van der Waals surface area contributed by atoms with Crippen LogP contribution in [0.4, 0.5) is 0 Å². The summed E-state index contributed by atoms with van der Waals surface area (Å²) in [4.78, 5) is 19.6. The number of rotatable bonds is 6. The molecule has 0 atom stereocenters. The lowest BCUT2D eigenvalue weighted by Crippen LogP contribution is -2.04. The summed E-state index contributed by atoms with van der Waals surface area (Å²) in [7, 11) is 0. The van der Waals surface area contributed by atoms with Crippen molar-refractivity contribution in [2.45, 2.75) is 6.92 Å². The van der Waals surface area contributed by atoms with Crippen molar-refractivity contribution in [2.24, 2.45) is 15.7 Å². The highest BCUT2D eigenvalue weighted by molar-refractivity contribution is 6.06. The molecular weight excluding hydrogens is 318 g/mol. The second-order valence-corrected chi connectivity index (χ2v) is 5.00. The summed E-state index contributed by atoms with van der Waals surface area (Å²) >= 11 is 0. The quantitative estimate of drug-likeness (QED) is 0.625. The molecule has 0 heterocycles. The maximum Gasteiger partial charge on any atom is 0.335 e. The average molecular weight is 337 g/mol. The van der Waals surface area contributed by atoms with E-state index in [0.717, 1.165) is 17.7 Å². The van der Waals surface area contributed by atoms with Gasteiger partial charge in [0.1, 0.15) is 5.75 Å². The summed E-state index contributed by atoms with van der Waals surface area (Å²) in [6, 6.07) is 13.7. The van der Waals surface area contributed by atoms with E-state index >= 15 is 0 Å². The Morgan fingerprint density at radius 1 is 1.20 bits per heavy atom. The Bertz CT molecular complexity index is 824. The summed E-state index contributed by atoms with van der Waals surface area (Å²) in [5.41, 5.74) is 7.35. The number of carboxylic acids is 1. The summed E-state index contributed by atoms with van der Waals surface area (Å²) < 4.78 is 5.40. The molecule has 2 aromatic carbocycles. The molecule has 0 aromatic heterocycles. The van der Waals surface area contributed by atoms with Gasteiger partial charge in [0.05, 0.1) is 24.2 Å². The van der Waals surface area contributed by atoms with Gasteiger partial charge in [0, 0.05) is 5.56 Å². The third-order valence-electron chi connectivity index (χ3n) is 3.30. The van der Waals surface area contributed by atoms with Crippen molar-refractivity contribution in [1.29, 1.82) is 0 Å². The molecule has 6 nitrogen and oxygen atoms in total. The summed E-state index contributed by atoms with van der Waals surface area (Å²) in [5.74, 6) is 0.0187. The van der Waals surface area contributed by atoms with Crippen molar-refractivity contribution in [3.8, 4) is 5.75 Å². The molecule has 3 N–H and O–H groups in total. The molecular formula is C19H19N3O3. The molecule has 0 amide bonds. The Morgan fingerprint density at radius 3 is 2.48 bits per heavy atom. The number of hydrogen-bond donors (Lipinski definition) is 2. The average Bonchev–Trinajstić information content (AvgIpc) is 2.62. The van der Waals surface area contributed by atoms with Gasteiger partial charge in [-0.3, -0.25) is 0 Å². The maximum atomic E-state index is 11.1. The lowest BCUT2D eigenvalue weighted by Gasteiger charge is -2.07. The second kappa shape index (κ2) is 8.44. The van der Waals surface area contributed by atoms with Crippen LogP contribution in [-0.4, -0.2) is 29.9 Å². The molecule has 0 fully saturated rings. The molecule has 0 unspecified atom stereocenters. The fourth-order valence-electron chi connectivity index (χ4n) is 2.13. The first-order chi connectivity index (χ1) is 12.0. The molecule has 6 heteroatoms. The molecule has 0 bridgehead atoms. The predicted octanol–water partition coefficient (Wildman–Crippen LogP) is 3.19. The van der Waals surface area contributed by atoms with Crippen molar-refractivity contribution < 1.29 is 14.6 Å². The Kier molecular flexibility index (Phi) is 6.06. The van der Waals surface area contributed by atoms with Gasteiger partial charge in [0.25, 0.3) is 0 Å². The van der Waals surface area contributed by atoms with Crippen LogP contribution in [0.15, 0.2) is 65.1 Å². The summed E-state index contributed by atoms with van der Waals surface area (Å²) in [5, 5.41) is 9.12. The van der Waals surface area contributed by atoms with Gasteiger partial charge in [-0.1, -0.05) is 18.7 Å². The number of carbonyl (C=O) groups is 1. The van der Waals surface area contributed by atoms with Crippen LogP contribution >= 0.6 is 0 Å². The maximum absolute atomic E-state index is 11.1. The minimum absolute atomic E-state index is 0.143. The Labute approximate surface area is 146 Å². The van der Waals surface area contributed by atoms with Crippen molar-refractivity contribution in [3.63, 3.8) is 0 Å². The van der Waals surface area contributed by atoms with Gasteiger partial charge in [0.2, 0.25) is 0 Å². The van der Waals surface area contributed by atoms with Gasteiger partial charge in [0.15, 0.2) is 5.84 Å². The fraction of sp³-hybridized carbons (Fsp3) is 0.105. The molecule has 25 heavy (non-hydrogen) atoms. The van der Waals surface area contributed by atoms with Gasteiger partial charge in [-0.05, 0) is 48.9 Å². The molecule has 0 saturated heterocycles. The predicted molar refractivity (Wildman–Crippen MR) is 99.3 cm³/mol. The number of nitrogens with zero attached hydrogens (tertiary/aromatic N) is 2. The number of aliphatic imine (C=N–C) groups is 2. The van der Waals surface area contributed by atoms with Crippen LogP contribution in [0.5, 0.6) is 5.75 Å².